The Morgan fingerprint density at radius 2 is 1.90 bits per heavy atom. The first-order valence-corrected chi connectivity index (χ1v) is 11.5. The molecule has 3 rings (SSSR count). The summed E-state index contributed by atoms with van der Waals surface area (Å²) in [6.07, 6.45) is 4.47. The molecule has 168 valence electrons. The molecule has 1 aliphatic rings. The second-order valence-electron chi connectivity index (χ2n) is 8.45. The Morgan fingerprint density at radius 1 is 1.16 bits per heavy atom. The molecule has 6 heteroatoms. The first-order valence-electron chi connectivity index (χ1n) is 11.2. The standard InChI is InChI=1S/C25H34ClN3O2/c1-28(2)18-14-27-25(30)21-10-11-24(23(26)19-21)31-22-12-16-29(17-13-22)15-6-9-20-7-4-3-5-8-20/h3-5,7-8,10-11,19,22H,6,9,12-18H2,1-2H3,(H,27,30). The Bertz CT molecular complexity index is 821. The van der Waals surface area contributed by atoms with Gasteiger partial charge in [0.25, 0.3) is 5.91 Å². The van der Waals surface area contributed by atoms with Crippen molar-refractivity contribution >= 4 is 17.5 Å². The van der Waals surface area contributed by atoms with Gasteiger partial charge in [-0.2, -0.15) is 0 Å². The van der Waals surface area contributed by atoms with Crippen LogP contribution in [-0.4, -0.2) is 68.6 Å². The van der Waals surface area contributed by atoms with E-state index in [1.54, 1.807) is 12.1 Å². The summed E-state index contributed by atoms with van der Waals surface area (Å²) in [7, 11) is 3.95. The minimum Gasteiger partial charge on any atom is -0.489 e. The van der Waals surface area contributed by atoms with Gasteiger partial charge in [-0.3, -0.25) is 4.79 Å². The molecule has 1 N–H and O–H groups in total. The van der Waals surface area contributed by atoms with Gasteiger partial charge in [-0.05, 0) is 70.1 Å². The maximum Gasteiger partial charge on any atom is 0.251 e. The summed E-state index contributed by atoms with van der Waals surface area (Å²) in [6, 6.07) is 16.0. The van der Waals surface area contributed by atoms with Gasteiger partial charge in [0, 0.05) is 31.7 Å². The molecule has 0 aliphatic carbocycles. The molecule has 1 aliphatic heterocycles. The third-order valence-corrected chi connectivity index (χ3v) is 5.94. The van der Waals surface area contributed by atoms with Crippen LogP contribution in [0.2, 0.25) is 5.02 Å². The molecule has 5 nitrogen and oxygen atoms in total. The van der Waals surface area contributed by atoms with Gasteiger partial charge in [0.05, 0.1) is 5.02 Å². The summed E-state index contributed by atoms with van der Waals surface area (Å²) < 4.78 is 6.16. The fraction of sp³-hybridized carbons (Fsp3) is 0.480. The molecule has 0 spiro atoms. The fourth-order valence-corrected chi connectivity index (χ4v) is 4.04. The summed E-state index contributed by atoms with van der Waals surface area (Å²) in [5.41, 5.74) is 1.97. The number of piperidine rings is 1. The van der Waals surface area contributed by atoms with E-state index in [9.17, 15) is 4.79 Å². The van der Waals surface area contributed by atoms with E-state index in [4.69, 9.17) is 16.3 Å². The lowest BCUT2D eigenvalue weighted by Crippen LogP contribution is -2.38. The lowest BCUT2D eigenvalue weighted by Gasteiger charge is -2.32. The zero-order valence-corrected chi connectivity index (χ0v) is 19.4. The highest BCUT2D eigenvalue weighted by Gasteiger charge is 2.21. The Balaban J connectivity index is 1.40. The zero-order chi connectivity index (χ0) is 22.1. The monoisotopic (exact) mass is 443 g/mol. The predicted molar refractivity (Wildman–Crippen MR) is 127 cm³/mol. The minimum atomic E-state index is -0.112. The second kappa shape index (κ2) is 12.1. The molecule has 0 saturated carbocycles. The number of nitrogens with zero attached hydrogens (tertiary/aromatic N) is 2. The van der Waals surface area contributed by atoms with Crippen LogP contribution in [0.1, 0.15) is 35.2 Å². The number of halogens is 1. The van der Waals surface area contributed by atoms with Gasteiger partial charge >= 0.3 is 0 Å². The van der Waals surface area contributed by atoms with E-state index in [1.165, 1.54) is 12.0 Å². The van der Waals surface area contributed by atoms with Crippen LogP contribution in [-0.2, 0) is 6.42 Å². The van der Waals surface area contributed by atoms with Crippen LogP contribution < -0.4 is 10.1 Å². The molecule has 2 aromatic rings. The Morgan fingerprint density at radius 3 is 2.58 bits per heavy atom. The molecule has 0 unspecified atom stereocenters. The second-order valence-corrected chi connectivity index (χ2v) is 8.86. The van der Waals surface area contributed by atoms with Gasteiger partial charge in [0.15, 0.2) is 0 Å². The molecule has 1 heterocycles. The average molecular weight is 444 g/mol. The SMILES string of the molecule is CN(C)CCNC(=O)c1ccc(OC2CCN(CCCc3ccccc3)CC2)c(Cl)c1. The van der Waals surface area contributed by atoms with Gasteiger partial charge in [-0.1, -0.05) is 41.9 Å². The first kappa shape index (κ1) is 23.6. The summed E-state index contributed by atoms with van der Waals surface area (Å²) in [5, 5.41) is 3.40. The van der Waals surface area contributed by atoms with Gasteiger partial charge in [0.1, 0.15) is 11.9 Å². The van der Waals surface area contributed by atoms with Crippen LogP contribution in [0.3, 0.4) is 0 Å². The minimum absolute atomic E-state index is 0.112. The smallest absolute Gasteiger partial charge is 0.251 e. The van der Waals surface area contributed by atoms with E-state index < -0.39 is 0 Å². The third kappa shape index (κ3) is 7.84. The molecular weight excluding hydrogens is 410 g/mol. The van der Waals surface area contributed by atoms with Crippen molar-refractivity contribution in [1.82, 2.24) is 15.1 Å². The van der Waals surface area contributed by atoms with Crippen molar-refractivity contribution < 1.29 is 9.53 Å². The Labute approximate surface area is 191 Å². The van der Waals surface area contributed by atoms with E-state index in [0.717, 1.165) is 45.4 Å². The number of rotatable bonds is 10. The van der Waals surface area contributed by atoms with E-state index in [1.807, 2.05) is 25.1 Å². The summed E-state index contributed by atoms with van der Waals surface area (Å²) in [4.78, 5) is 16.8. The van der Waals surface area contributed by atoms with E-state index >= 15 is 0 Å². The molecule has 0 radical (unpaired) electrons. The number of carbonyl (C=O) groups excluding carboxylic acids is 1. The van der Waals surface area contributed by atoms with Crippen LogP contribution in [0.4, 0.5) is 0 Å². The lowest BCUT2D eigenvalue weighted by molar-refractivity contribution is 0.0950. The Hall–Kier alpha value is -2.08. The largest absolute Gasteiger partial charge is 0.489 e. The average Bonchev–Trinajstić information content (AvgIpc) is 2.77. The topological polar surface area (TPSA) is 44.8 Å². The molecular formula is C25H34ClN3O2. The van der Waals surface area contributed by atoms with Gasteiger partial charge in [-0.15, -0.1) is 0 Å². The molecule has 1 amide bonds. The fourth-order valence-electron chi connectivity index (χ4n) is 3.81. The number of likely N-dealkylation sites (N-methyl/N-ethyl adjacent to an activating group) is 1. The van der Waals surface area contributed by atoms with Crippen molar-refractivity contribution in [2.24, 2.45) is 0 Å². The summed E-state index contributed by atoms with van der Waals surface area (Å²) in [5.74, 6) is 0.549. The lowest BCUT2D eigenvalue weighted by atomic mass is 10.1. The first-order chi connectivity index (χ1) is 15.0. The molecule has 1 saturated heterocycles. The van der Waals surface area contributed by atoms with E-state index in [-0.39, 0.29) is 12.0 Å². The molecule has 0 bridgehead atoms. The normalized spacial score (nSPS) is 15.2. The highest BCUT2D eigenvalue weighted by molar-refractivity contribution is 6.32. The van der Waals surface area contributed by atoms with Crippen LogP contribution in [0.5, 0.6) is 5.75 Å². The van der Waals surface area contributed by atoms with Crippen molar-refractivity contribution in [2.45, 2.75) is 31.8 Å². The van der Waals surface area contributed by atoms with Crippen molar-refractivity contribution in [3.63, 3.8) is 0 Å². The van der Waals surface area contributed by atoms with Crippen molar-refractivity contribution in [3.8, 4) is 5.75 Å². The van der Waals surface area contributed by atoms with Crippen LogP contribution in [0, 0.1) is 0 Å². The van der Waals surface area contributed by atoms with Gasteiger partial charge in [0.2, 0.25) is 0 Å². The van der Waals surface area contributed by atoms with E-state index in [0.29, 0.717) is 22.9 Å². The quantitative estimate of drug-likeness (QED) is 0.600. The number of carbonyl (C=O) groups is 1. The highest BCUT2D eigenvalue weighted by atomic mass is 35.5. The van der Waals surface area contributed by atoms with Crippen molar-refractivity contribution in [2.75, 3.05) is 46.8 Å². The number of aryl methyl sites for hydroxylation is 1. The summed E-state index contributed by atoms with van der Waals surface area (Å²) >= 11 is 6.41. The maximum absolute atomic E-state index is 12.3. The van der Waals surface area contributed by atoms with Crippen LogP contribution in [0.25, 0.3) is 0 Å². The Kier molecular flexibility index (Phi) is 9.19. The van der Waals surface area contributed by atoms with Crippen LogP contribution in [0.15, 0.2) is 48.5 Å². The van der Waals surface area contributed by atoms with Gasteiger partial charge < -0.3 is 19.9 Å². The number of ether oxygens (including phenoxy) is 1. The number of amides is 1. The van der Waals surface area contributed by atoms with Crippen molar-refractivity contribution in [1.29, 1.82) is 0 Å². The zero-order valence-electron chi connectivity index (χ0n) is 18.6. The maximum atomic E-state index is 12.3. The summed E-state index contributed by atoms with van der Waals surface area (Å²) in [6.45, 7) is 4.62. The molecule has 0 aromatic heterocycles. The number of likely N-dealkylation sites (tertiary alicyclic amines) is 1. The van der Waals surface area contributed by atoms with Crippen molar-refractivity contribution in [3.05, 3.63) is 64.7 Å². The molecule has 1 fully saturated rings. The number of nitrogens with one attached hydrogen (secondary N) is 1. The highest BCUT2D eigenvalue weighted by Crippen LogP contribution is 2.28. The number of hydrogen-bond donors (Lipinski definition) is 1. The number of hydrogen-bond acceptors (Lipinski definition) is 4. The van der Waals surface area contributed by atoms with Gasteiger partial charge in [-0.25, -0.2) is 0 Å². The van der Waals surface area contributed by atoms with E-state index in [2.05, 4.69) is 40.5 Å². The van der Waals surface area contributed by atoms with Crippen LogP contribution >= 0.6 is 11.6 Å². The predicted octanol–water partition coefficient (Wildman–Crippen LogP) is 4.11. The number of benzene rings is 2. The molecule has 2 aromatic carbocycles. The molecule has 0 atom stereocenters. The molecule has 31 heavy (non-hydrogen) atoms. The third-order valence-electron chi connectivity index (χ3n) is 5.65.